The fourth-order valence-electron chi connectivity index (χ4n) is 2.57. The van der Waals surface area contributed by atoms with Crippen LogP contribution in [0, 0.1) is 6.92 Å². The molecule has 0 bridgehead atoms. The molecule has 0 spiro atoms. The Morgan fingerprint density at radius 3 is 2.32 bits per heavy atom. The Morgan fingerprint density at radius 1 is 1.00 bits per heavy atom. The smallest absolute Gasteiger partial charge is 0.204 e. The Labute approximate surface area is 127 Å². The molecule has 1 heterocycles. The molecule has 22 heavy (non-hydrogen) atoms. The van der Waals surface area contributed by atoms with Gasteiger partial charge in [0.15, 0.2) is 0 Å². The van der Waals surface area contributed by atoms with Gasteiger partial charge in [-0.15, -0.1) is 0 Å². The minimum Gasteiger partial charge on any atom is -0.496 e. The Bertz CT molecular complexity index is 879. The van der Waals surface area contributed by atoms with Crippen LogP contribution < -0.4 is 14.9 Å². The highest BCUT2D eigenvalue weighted by Crippen LogP contribution is 2.34. The Balaban J connectivity index is 2.39. The second-order valence-corrected chi connectivity index (χ2v) is 4.95. The molecule has 4 nitrogen and oxygen atoms in total. The molecular weight excluding hydrogens is 280 g/mol. The second-order valence-electron chi connectivity index (χ2n) is 4.95. The van der Waals surface area contributed by atoms with E-state index in [4.69, 9.17) is 13.9 Å². The van der Waals surface area contributed by atoms with Gasteiger partial charge in [-0.2, -0.15) is 0 Å². The lowest BCUT2D eigenvalue weighted by Crippen LogP contribution is -2.07. The fourth-order valence-corrected chi connectivity index (χ4v) is 2.57. The van der Waals surface area contributed by atoms with Crippen LogP contribution in [0.1, 0.15) is 5.56 Å². The van der Waals surface area contributed by atoms with Gasteiger partial charge in [0.05, 0.1) is 19.8 Å². The highest BCUT2D eigenvalue weighted by molar-refractivity contribution is 5.90. The normalized spacial score (nSPS) is 10.7. The number of hydrogen-bond acceptors (Lipinski definition) is 4. The first-order chi connectivity index (χ1) is 10.7. The lowest BCUT2D eigenvalue weighted by molar-refractivity contribution is 0.394. The third-order valence-corrected chi connectivity index (χ3v) is 3.74. The van der Waals surface area contributed by atoms with E-state index >= 15 is 0 Å². The molecule has 0 aliphatic rings. The standard InChI is InChI=1S/C18H16O4/c1-11-14(20-2)9-15(21-3)16-17(19)13(10-22-18(11)16)12-7-5-4-6-8-12/h4-10H,1-3H3. The van der Waals surface area contributed by atoms with Gasteiger partial charge in [-0.05, 0) is 12.5 Å². The minimum atomic E-state index is -0.116. The number of fused-ring (bicyclic) bond motifs is 1. The summed E-state index contributed by atoms with van der Waals surface area (Å²) in [6, 6.07) is 11.1. The van der Waals surface area contributed by atoms with Crippen molar-refractivity contribution in [3.05, 3.63) is 58.4 Å². The van der Waals surface area contributed by atoms with Crippen molar-refractivity contribution in [1.29, 1.82) is 0 Å². The maximum atomic E-state index is 12.9. The zero-order valence-electron chi connectivity index (χ0n) is 12.7. The highest BCUT2D eigenvalue weighted by atomic mass is 16.5. The van der Waals surface area contributed by atoms with E-state index in [1.807, 2.05) is 37.3 Å². The van der Waals surface area contributed by atoms with Crippen molar-refractivity contribution >= 4 is 11.0 Å². The van der Waals surface area contributed by atoms with E-state index in [0.717, 1.165) is 11.1 Å². The van der Waals surface area contributed by atoms with Gasteiger partial charge in [0.1, 0.15) is 28.7 Å². The van der Waals surface area contributed by atoms with E-state index in [2.05, 4.69) is 0 Å². The molecule has 0 unspecified atom stereocenters. The van der Waals surface area contributed by atoms with Gasteiger partial charge < -0.3 is 13.9 Å². The predicted octanol–water partition coefficient (Wildman–Crippen LogP) is 3.79. The number of ether oxygens (including phenoxy) is 2. The molecule has 0 aliphatic carbocycles. The second kappa shape index (κ2) is 5.56. The predicted molar refractivity (Wildman–Crippen MR) is 85.8 cm³/mol. The van der Waals surface area contributed by atoms with Crippen LogP contribution >= 0.6 is 0 Å². The molecule has 0 atom stereocenters. The molecule has 0 N–H and O–H groups in total. The maximum absolute atomic E-state index is 12.9. The van der Waals surface area contributed by atoms with Crippen LogP contribution in [0.5, 0.6) is 11.5 Å². The Hall–Kier alpha value is -2.75. The van der Waals surface area contributed by atoms with Crippen molar-refractivity contribution in [3.8, 4) is 22.6 Å². The third kappa shape index (κ3) is 2.13. The molecule has 3 rings (SSSR count). The lowest BCUT2D eigenvalue weighted by Gasteiger charge is -2.12. The van der Waals surface area contributed by atoms with Crippen LogP contribution in [-0.2, 0) is 0 Å². The van der Waals surface area contributed by atoms with Crippen LogP contribution in [0.25, 0.3) is 22.1 Å². The number of aryl methyl sites for hydroxylation is 1. The topological polar surface area (TPSA) is 48.7 Å². The molecule has 0 fully saturated rings. The summed E-state index contributed by atoms with van der Waals surface area (Å²) in [5.74, 6) is 1.07. The average Bonchev–Trinajstić information content (AvgIpc) is 2.56. The Morgan fingerprint density at radius 2 is 1.68 bits per heavy atom. The van der Waals surface area contributed by atoms with E-state index in [1.54, 1.807) is 13.2 Å². The SMILES string of the molecule is COc1cc(OC)c2c(=O)c(-c3ccccc3)coc2c1C. The van der Waals surface area contributed by atoms with Crippen molar-refractivity contribution in [1.82, 2.24) is 0 Å². The first-order valence-corrected chi connectivity index (χ1v) is 6.90. The van der Waals surface area contributed by atoms with E-state index in [-0.39, 0.29) is 5.43 Å². The van der Waals surface area contributed by atoms with Crippen LogP contribution in [0.2, 0.25) is 0 Å². The van der Waals surface area contributed by atoms with Gasteiger partial charge in [0.25, 0.3) is 0 Å². The van der Waals surface area contributed by atoms with Crippen molar-refractivity contribution in [3.63, 3.8) is 0 Å². The summed E-state index contributed by atoms with van der Waals surface area (Å²) in [6.07, 6.45) is 1.49. The zero-order chi connectivity index (χ0) is 15.7. The van der Waals surface area contributed by atoms with E-state index in [1.165, 1.54) is 13.4 Å². The van der Waals surface area contributed by atoms with E-state index in [0.29, 0.717) is 28.0 Å². The number of hydrogen-bond donors (Lipinski definition) is 0. The Kier molecular flexibility index (Phi) is 3.59. The van der Waals surface area contributed by atoms with Gasteiger partial charge in [-0.3, -0.25) is 4.79 Å². The van der Waals surface area contributed by atoms with Crippen LogP contribution in [0.4, 0.5) is 0 Å². The lowest BCUT2D eigenvalue weighted by atomic mass is 10.0. The third-order valence-electron chi connectivity index (χ3n) is 3.74. The molecule has 2 aromatic carbocycles. The van der Waals surface area contributed by atoms with Crippen molar-refractivity contribution < 1.29 is 13.9 Å². The summed E-state index contributed by atoms with van der Waals surface area (Å²) < 4.78 is 16.4. The quantitative estimate of drug-likeness (QED) is 0.738. The van der Waals surface area contributed by atoms with E-state index in [9.17, 15) is 4.79 Å². The summed E-state index contributed by atoms with van der Waals surface area (Å²) in [6.45, 7) is 1.85. The molecular formula is C18H16O4. The monoisotopic (exact) mass is 296 g/mol. The van der Waals surface area contributed by atoms with Crippen molar-refractivity contribution in [2.75, 3.05) is 14.2 Å². The molecule has 0 amide bonds. The summed E-state index contributed by atoms with van der Waals surface area (Å²) in [5.41, 5.74) is 2.47. The highest BCUT2D eigenvalue weighted by Gasteiger charge is 2.18. The van der Waals surface area contributed by atoms with Crippen LogP contribution in [-0.4, -0.2) is 14.2 Å². The average molecular weight is 296 g/mol. The minimum absolute atomic E-state index is 0.116. The molecule has 1 aromatic heterocycles. The van der Waals surface area contributed by atoms with Gasteiger partial charge in [-0.25, -0.2) is 0 Å². The summed E-state index contributed by atoms with van der Waals surface area (Å²) in [5, 5.41) is 0.433. The fraction of sp³-hybridized carbons (Fsp3) is 0.167. The van der Waals surface area contributed by atoms with E-state index < -0.39 is 0 Å². The summed E-state index contributed by atoms with van der Waals surface area (Å²) in [4.78, 5) is 12.9. The summed E-state index contributed by atoms with van der Waals surface area (Å²) >= 11 is 0. The number of benzene rings is 2. The first-order valence-electron chi connectivity index (χ1n) is 6.90. The van der Waals surface area contributed by atoms with Crippen LogP contribution in [0.15, 0.2) is 51.9 Å². The van der Waals surface area contributed by atoms with Gasteiger partial charge in [-0.1, -0.05) is 30.3 Å². The van der Waals surface area contributed by atoms with Gasteiger partial charge in [0.2, 0.25) is 5.43 Å². The number of rotatable bonds is 3. The molecule has 3 aromatic rings. The largest absolute Gasteiger partial charge is 0.496 e. The van der Waals surface area contributed by atoms with Crippen molar-refractivity contribution in [2.45, 2.75) is 6.92 Å². The van der Waals surface area contributed by atoms with Crippen LogP contribution in [0.3, 0.4) is 0 Å². The number of methoxy groups -OCH3 is 2. The van der Waals surface area contributed by atoms with Gasteiger partial charge in [0, 0.05) is 11.6 Å². The zero-order valence-corrected chi connectivity index (χ0v) is 12.7. The molecule has 0 aliphatic heterocycles. The molecule has 0 saturated heterocycles. The first kappa shape index (κ1) is 14.2. The van der Waals surface area contributed by atoms with Gasteiger partial charge >= 0.3 is 0 Å². The molecule has 4 heteroatoms. The van der Waals surface area contributed by atoms with Crippen molar-refractivity contribution in [2.24, 2.45) is 0 Å². The maximum Gasteiger partial charge on any atom is 0.204 e. The summed E-state index contributed by atoms with van der Waals surface area (Å²) in [7, 11) is 3.10. The molecule has 0 saturated carbocycles. The molecule has 112 valence electrons. The molecule has 0 radical (unpaired) electrons.